The van der Waals surface area contributed by atoms with E-state index in [1.807, 2.05) is 0 Å². The van der Waals surface area contributed by atoms with Gasteiger partial charge >= 0.3 is 0 Å². The van der Waals surface area contributed by atoms with E-state index in [1.165, 1.54) is 11.1 Å². The Hall–Kier alpha value is -2.17. The topological polar surface area (TPSA) is 78.1 Å². The van der Waals surface area contributed by atoms with Crippen molar-refractivity contribution in [2.45, 2.75) is 26.2 Å². The maximum absolute atomic E-state index is 11.9. The third-order valence-corrected chi connectivity index (χ3v) is 5.20. The molecule has 0 radical (unpaired) electrons. The molecule has 2 heterocycles. The molecule has 7 heteroatoms. The maximum atomic E-state index is 11.9. The summed E-state index contributed by atoms with van der Waals surface area (Å²) < 4.78 is 5.02. The van der Waals surface area contributed by atoms with Gasteiger partial charge in [0.2, 0.25) is 0 Å². The van der Waals surface area contributed by atoms with Crippen molar-refractivity contribution in [3.05, 3.63) is 40.2 Å². The van der Waals surface area contributed by atoms with Crippen molar-refractivity contribution in [3.8, 4) is 6.07 Å². The van der Waals surface area contributed by atoms with E-state index in [0.29, 0.717) is 16.5 Å². The molecular formula is C16H15N3O2S2. The number of hydrogen-bond acceptors (Lipinski definition) is 5. The predicted molar refractivity (Wildman–Crippen MR) is 92.6 cm³/mol. The zero-order valence-electron chi connectivity index (χ0n) is 12.5. The number of carbonyl (C=O) groups is 1. The van der Waals surface area contributed by atoms with Crippen molar-refractivity contribution in [3.63, 3.8) is 0 Å². The van der Waals surface area contributed by atoms with Crippen LogP contribution in [-0.2, 0) is 12.8 Å². The van der Waals surface area contributed by atoms with Crippen molar-refractivity contribution < 1.29 is 9.21 Å². The quantitative estimate of drug-likeness (QED) is 0.815. The number of carbonyl (C=O) groups excluding carboxylic acids is 1. The molecule has 2 aromatic heterocycles. The van der Waals surface area contributed by atoms with Crippen LogP contribution in [0.1, 0.15) is 39.9 Å². The summed E-state index contributed by atoms with van der Waals surface area (Å²) in [5.41, 5.74) is 1.77. The van der Waals surface area contributed by atoms with Crippen LogP contribution in [-0.4, -0.2) is 11.0 Å². The summed E-state index contributed by atoms with van der Waals surface area (Å²) in [6, 6.07) is 5.45. The number of rotatable bonds is 2. The monoisotopic (exact) mass is 345 g/mol. The zero-order valence-corrected chi connectivity index (χ0v) is 14.1. The third-order valence-electron chi connectivity index (χ3n) is 3.82. The Labute approximate surface area is 143 Å². The first-order valence-corrected chi connectivity index (χ1v) is 8.51. The highest BCUT2D eigenvalue weighted by atomic mass is 32.1. The van der Waals surface area contributed by atoms with E-state index in [-0.39, 0.29) is 10.9 Å². The molecule has 0 bridgehead atoms. The summed E-state index contributed by atoms with van der Waals surface area (Å²) in [5.74, 6) is 0.404. The minimum atomic E-state index is -0.416. The smallest absolute Gasteiger partial charge is 0.293 e. The van der Waals surface area contributed by atoms with Gasteiger partial charge in [0.05, 0.1) is 11.8 Å². The minimum absolute atomic E-state index is 0.162. The number of nitrogens with zero attached hydrogens (tertiary/aromatic N) is 1. The van der Waals surface area contributed by atoms with Crippen molar-refractivity contribution in [2.24, 2.45) is 5.92 Å². The maximum Gasteiger partial charge on any atom is 0.293 e. The van der Waals surface area contributed by atoms with E-state index in [2.05, 4.69) is 23.6 Å². The second-order valence-electron chi connectivity index (χ2n) is 5.55. The van der Waals surface area contributed by atoms with Crippen LogP contribution in [0.4, 0.5) is 5.00 Å². The largest absolute Gasteiger partial charge is 0.459 e. The molecule has 0 spiro atoms. The van der Waals surface area contributed by atoms with Crippen LogP contribution in [0.5, 0.6) is 0 Å². The highest BCUT2D eigenvalue weighted by molar-refractivity contribution is 7.80. The number of nitrogens with one attached hydrogen (secondary N) is 2. The van der Waals surface area contributed by atoms with Gasteiger partial charge in [-0.1, -0.05) is 6.92 Å². The Kier molecular flexibility index (Phi) is 4.46. The fraction of sp³-hybridized carbons (Fsp3) is 0.312. The lowest BCUT2D eigenvalue weighted by atomic mass is 9.89. The first kappa shape index (κ1) is 15.7. The van der Waals surface area contributed by atoms with Crippen LogP contribution in [0.25, 0.3) is 0 Å². The molecule has 0 aromatic carbocycles. The molecule has 3 rings (SSSR count). The number of fused-ring (bicyclic) bond motifs is 1. The van der Waals surface area contributed by atoms with Crippen LogP contribution < -0.4 is 10.6 Å². The third kappa shape index (κ3) is 3.28. The van der Waals surface area contributed by atoms with Gasteiger partial charge in [0.1, 0.15) is 11.1 Å². The number of amides is 1. The van der Waals surface area contributed by atoms with E-state index in [0.717, 1.165) is 24.8 Å². The van der Waals surface area contributed by atoms with E-state index >= 15 is 0 Å². The standard InChI is InChI=1S/C16H15N3O2S2/c1-9-4-5-10-11(8-17)15(23-13(10)7-9)19-16(22)18-14(20)12-3-2-6-21-12/h2-3,6,9H,4-5,7H2,1H3,(H2,18,19,20,22)/t9-/m1/s1. The lowest BCUT2D eigenvalue weighted by molar-refractivity contribution is 0.0950. The number of thiophene rings is 1. The van der Waals surface area contributed by atoms with Crippen LogP contribution in [0.3, 0.4) is 0 Å². The van der Waals surface area contributed by atoms with Crippen molar-refractivity contribution >= 4 is 39.6 Å². The SMILES string of the molecule is C[C@@H]1CCc2c(sc(NC(=S)NC(=O)c3ccco3)c2C#N)C1. The van der Waals surface area contributed by atoms with Gasteiger partial charge in [-0.05, 0) is 55.1 Å². The lowest BCUT2D eigenvalue weighted by Crippen LogP contribution is -2.33. The first-order valence-electron chi connectivity index (χ1n) is 7.29. The Balaban J connectivity index is 1.74. The lowest BCUT2D eigenvalue weighted by Gasteiger charge is -2.17. The average Bonchev–Trinajstić information content (AvgIpc) is 3.13. The number of thiocarbonyl (C=S) groups is 1. The normalized spacial score (nSPS) is 16.3. The summed E-state index contributed by atoms with van der Waals surface area (Å²) in [4.78, 5) is 13.1. The molecule has 1 aliphatic rings. The second-order valence-corrected chi connectivity index (χ2v) is 7.07. The van der Waals surface area contributed by atoms with E-state index in [4.69, 9.17) is 16.6 Å². The molecule has 1 atom stereocenters. The molecule has 118 valence electrons. The average molecular weight is 345 g/mol. The number of anilines is 1. The Morgan fingerprint density at radius 2 is 2.39 bits per heavy atom. The number of hydrogen-bond donors (Lipinski definition) is 2. The van der Waals surface area contributed by atoms with E-state index in [1.54, 1.807) is 23.5 Å². The molecule has 0 aliphatic heterocycles. The minimum Gasteiger partial charge on any atom is -0.459 e. The van der Waals surface area contributed by atoms with Crippen LogP contribution in [0.2, 0.25) is 0 Å². The van der Waals surface area contributed by atoms with E-state index in [9.17, 15) is 10.1 Å². The fourth-order valence-corrected chi connectivity index (χ4v) is 4.29. The molecule has 1 aliphatic carbocycles. The van der Waals surface area contributed by atoms with Crippen molar-refractivity contribution in [2.75, 3.05) is 5.32 Å². The Morgan fingerprint density at radius 3 is 3.09 bits per heavy atom. The molecule has 5 nitrogen and oxygen atoms in total. The zero-order chi connectivity index (χ0) is 16.4. The van der Waals surface area contributed by atoms with Gasteiger partial charge in [-0.3, -0.25) is 10.1 Å². The van der Waals surface area contributed by atoms with Gasteiger partial charge in [0.15, 0.2) is 10.9 Å². The summed E-state index contributed by atoms with van der Waals surface area (Å²) in [6.07, 6.45) is 4.43. The van der Waals surface area contributed by atoms with Gasteiger partial charge in [-0.2, -0.15) is 5.26 Å². The van der Waals surface area contributed by atoms with Gasteiger partial charge < -0.3 is 9.73 Å². The molecule has 2 aromatic rings. The summed E-state index contributed by atoms with van der Waals surface area (Å²) >= 11 is 6.72. The van der Waals surface area contributed by atoms with Crippen molar-refractivity contribution in [1.82, 2.24) is 5.32 Å². The predicted octanol–water partition coefficient (Wildman–Crippen LogP) is 3.46. The molecule has 2 N–H and O–H groups in total. The molecule has 1 amide bonds. The summed E-state index contributed by atoms with van der Waals surface area (Å²) in [6.45, 7) is 2.22. The summed E-state index contributed by atoms with van der Waals surface area (Å²) in [7, 11) is 0. The van der Waals surface area contributed by atoms with Gasteiger partial charge in [0, 0.05) is 4.88 Å². The van der Waals surface area contributed by atoms with Crippen LogP contribution >= 0.6 is 23.6 Å². The molecule has 23 heavy (non-hydrogen) atoms. The van der Waals surface area contributed by atoms with Crippen LogP contribution in [0, 0.1) is 17.2 Å². The summed E-state index contributed by atoms with van der Waals surface area (Å²) in [5, 5.41) is 15.8. The highest BCUT2D eigenvalue weighted by Gasteiger charge is 2.24. The number of nitriles is 1. The molecule has 0 unspecified atom stereocenters. The van der Waals surface area contributed by atoms with Gasteiger partial charge in [0.25, 0.3) is 5.91 Å². The van der Waals surface area contributed by atoms with Gasteiger partial charge in [-0.25, -0.2) is 0 Å². The van der Waals surface area contributed by atoms with Crippen molar-refractivity contribution in [1.29, 1.82) is 5.26 Å². The molecule has 0 fully saturated rings. The molecule has 0 saturated heterocycles. The molecule has 0 saturated carbocycles. The highest BCUT2D eigenvalue weighted by Crippen LogP contribution is 2.39. The Morgan fingerprint density at radius 1 is 1.57 bits per heavy atom. The van der Waals surface area contributed by atoms with Gasteiger partial charge in [-0.15, -0.1) is 11.3 Å². The first-order chi connectivity index (χ1) is 11.1. The second kappa shape index (κ2) is 6.52. The fourth-order valence-electron chi connectivity index (χ4n) is 2.66. The van der Waals surface area contributed by atoms with Crippen LogP contribution in [0.15, 0.2) is 22.8 Å². The Bertz CT molecular complexity index is 787. The van der Waals surface area contributed by atoms with E-state index < -0.39 is 5.91 Å². The number of furan rings is 1. The molecular weight excluding hydrogens is 330 g/mol.